The van der Waals surface area contributed by atoms with E-state index in [0.29, 0.717) is 0 Å². The number of hydrogen-bond donors (Lipinski definition) is 1. The summed E-state index contributed by atoms with van der Waals surface area (Å²) < 4.78 is 6.02. The third-order valence-corrected chi connectivity index (χ3v) is 3.67. The molecule has 0 aliphatic heterocycles. The van der Waals surface area contributed by atoms with Gasteiger partial charge in [0, 0.05) is 17.0 Å². The minimum absolute atomic E-state index is 0. The van der Waals surface area contributed by atoms with E-state index in [1.807, 2.05) is 60.7 Å². The molecular weight excluding hydrogens is 310 g/mol. The number of fused-ring (bicyclic) bond motifs is 2. The molecule has 0 atom stereocenters. The molecule has 4 aromatic rings. The zero-order valence-corrected chi connectivity index (χ0v) is 13.0. The van der Waals surface area contributed by atoms with Crippen LogP contribution in [0, 0.1) is 0 Å². The number of hydrogen-bond acceptors (Lipinski definition) is 3. The quantitative estimate of drug-likeness (QED) is 0.543. The zero-order valence-electron chi connectivity index (χ0n) is 12.1. The largest absolute Gasteiger partial charge is 0.507 e. The Balaban J connectivity index is 0.00000156. The van der Waals surface area contributed by atoms with Gasteiger partial charge in [-0.3, -0.25) is 4.98 Å². The van der Waals surface area contributed by atoms with Crippen LogP contribution in [0.1, 0.15) is 0 Å². The molecular formula is C19H14ClNO2. The molecule has 0 radical (unpaired) electrons. The van der Waals surface area contributed by atoms with Crippen molar-refractivity contribution in [1.29, 1.82) is 0 Å². The first-order chi connectivity index (χ1) is 10.8. The molecule has 0 saturated carbocycles. The fourth-order valence-electron chi connectivity index (χ4n) is 2.59. The van der Waals surface area contributed by atoms with Gasteiger partial charge in [0.1, 0.15) is 17.2 Å². The highest BCUT2D eigenvalue weighted by atomic mass is 35.5. The molecule has 0 amide bonds. The molecule has 0 fully saturated rings. The van der Waals surface area contributed by atoms with Crippen LogP contribution in [-0.2, 0) is 0 Å². The summed E-state index contributed by atoms with van der Waals surface area (Å²) in [4.78, 5) is 4.33. The summed E-state index contributed by atoms with van der Waals surface area (Å²) in [5, 5.41) is 12.6. The Bertz CT molecular complexity index is 980. The van der Waals surface area contributed by atoms with Crippen LogP contribution in [0.3, 0.4) is 0 Å². The highest BCUT2D eigenvalue weighted by Gasteiger charge is 2.05. The number of aromatic nitrogens is 1. The van der Waals surface area contributed by atoms with Gasteiger partial charge in [-0.1, -0.05) is 24.3 Å². The van der Waals surface area contributed by atoms with Gasteiger partial charge in [0.25, 0.3) is 0 Å². The molecule has 4 heteroatoms. The van der Waals surface area contributed by atoms with E-state index < -0.39 is 0 Å². The van der Waals surface area contributed by atoms with Crippen molar-refractivity contribution in [2.75, 3.05) is 0 Å². The molecule has 3 nitrogen and oxygen atoms in total. The molecule has 23 heavy (non-hydrogen) atoms. The normalized spacial score (nSPS) is 10.4. The second kappa shape index (κ2) is 6.15. The van der Waals surface area contributed by atoms with Crippen molar-refractivity contribution in [2.45, 2.75) is 0 Å². The summed E-state index contributed by atoms with van der Waals surface area (Å²) >= 11 is 0. The number of nitrogens with zero attached hydrogens (tertiary/aromatic N) is 1. The Morgan fingerprint density at radius 3 is 2.61 bits per heavy atom. The van der Waals surface area contributed by atoms with Gasteiger partial charge < -0.3 is 9.84 Å². The van der Waals surface area contributed by atoms with E-state index in [0.717, 1.165) is 33.2 Å². The van der Waals surface area contributed by atoms with E-state index in [4.69, 9.17) is 4.74 Å². The topological polar surface area (TPSA) is 42.4 Å². The van der Waals surface area contributed by atoms with Crippen molar-refractivity contribution in [2.24, 2.45) is 0 Å². The lowest BCUT2D eigenvalue weighted by atomic mass is 10.1. The van der Waals surface area contributed by atoms with Crippen LogP contribution >= 0.6 is 12.4 Å². The molecule has 0 bridgehead atoms. The Morgan fingerprint density at radius 1 is 0.826 bits per heavy atom. The van der Waals surface area contributed by atoms with E-state index in [1.165, 1.54) is 0 Å². The first kappa shape index (κ1) is 15.1. The fourth-order valence-corrected chi connectivity index (χ4v) is 2.59. The van der Waals surface area contributed by atoms with Crippen LogP contribution in [0.25, 0.3) is 21.7 Å². The van der Waals surface area contributed by atoms with E-state index in [-0.39, 0.29) is 18.2 Å². The van der Waals surface area contributed by atoms with Crippen molar-refractivity contribution < 1.29 is 9.84 Å². The van der Waals surface area contributed by atoms with Crippen molar-refractivity contribution >= 4 is 34.1 Å². The average molecular weight is 324 g/mol. The van der Waals surface area contributed by atoms with Gasteiger partial charge >= 0.3 is 0 Å². The predicted molar refractivity (Wildman–Crippen MR) is 94.7 cm³/mol. The van der Waals surface area contributed by atoms with Crippen molar-refractivity contribution in [3.63, 3.8) is 0 Å². The molecule has 114 valence electrons. The van der Waals surface area contributed by atoms with Crippen LogP contribution < -0.4 is 4.74 Å². The lowest BCUT2D eigenvalue weighted by Gasteiger charge is -2.09. The Kier molecular flexibility index (Phi) is 4.04. The van der Waals surface area contributed by atoms with Crippen molar-refractivity contribution in [3.8, 4) is 17.2 Å². The summed E-state index contributed by atoms with van der Waals surface area (Å²) in [6.07, 6.45) is 1.74. The SMILES string of the molecule is Cl.Oc1cccc2cc(Oc3ccnc4ccccc34)ccc12. The molecule has 0 aliphatic rings. The minimum Gasteiger partial charge on any atom is -0.507 e. The summed E-state index contributed by atoms with van der Waals surface area (Å²) in [7, 11) is 0. The number of phenols is 1. The van der Waals surface area contributed by atoms with Gasteiger partial charge in [0.05, 0.1) is 5.52 Å². The second-order valence-electron chi connectivity index (χ2n) is 5.09. The van der Waals surface area contributed by atoms with Crippen LogP contribution in [0.4, 0.5) is 0 Å². The fraction of sp³-hybridized carbons (Fsp3) is 0. The van der Waals surface area contributed by atoms with Crippen LogP contribution in [0.2, 0.25) is 0 Å². The van der Waals surface area contributed by atoms with Gasteiger partial charge in [0.15, 0.2) is 0 Å². The van der Waals surface area contributed by atoms with Gasteiger partial charge in [0.2, 0.25) is 0 Å². The number of phenolic OH excluding ortho intramolecular Hbond substituents is 1. The number of aromatic hydroxyl groups is 1. The summed E-state index contributed by atoms with van der Waals surface area (Å²) in [6, 6.07) is 20.8. The molecule has 3 aromatic carbocycles. The van der Waals surface area contributed by atoms with Crippen LogP contribution in [0.5, 0.6) is 17.2 Å². The highest BCUT2D eigenvalue weighted by Crippen LogP contribution is 2.32. The zero-order chi connectivity index (χ0) is 14.9. The van der Waals surface area contributed by atoms with E-state index in [1.54, 1.807) is 12.3 Å². The van der Waals surface area contributed by atoms with E-state index >= 15 is 0 Å². The number of rotatable bonds is 2. The lowest BCUT2D eigenvalue weighted by molar-refractivity contribution is 0.480. The van der Waals surface area contributed by atoms with Crippen molar-refractivity contribution in [3.05, 3.63) is 72.9 Å². The minimum atomic E-state index is 0. The molecule has 4 rings (SSSR count). The number of halogens is 1. The highest BCUT2D eigenvalue weighted by molar-refractivity contribution is 5.89. The first-order valence-electron chi connectivity index (χ1n) is 7.05. The van der Waals surface area contributed by atoms with Gasteiger partial charge in [-0.25, -0.2) is 0 Å². The van der Waals surface area contributed by atoms with Gasteiger partial charge in [-0.15, -0.1) is 12.4 Å². The summed E-state index contributed by atoms with van der Waals surface area (Å²) in [6.45, 7) is 0. The molecule has 1 N–H and O–H groups in total. The predicted octanol–water partition coefficient (Wildman–Crippen LogP) is 5.31. The maximum absolute atomic E-state index is 9.84. The maximum Gasteiger partial charge on any atom is 0.138 e. The average Bonchev–Trinajstić information content (AvgIpc) is 2.55. The Morgan fingerprint density at radius 2 is 1.70 bits per heavy atom. The first-order valence-corrected chi connectivity index (χ1v) is 7.05. The summed E-state index contributed by atoms with van der Waals surface area (Å²) in [5.41, 5.74) is 0.901. The number of ether oxygens (including phenoxy) is 1. The van der Waals surface area contributed by atoms with Crippen molar-refractivity contribution in [1.82, 2.24) is 4.98 Å². The Labute approximate surface area is 139 Å². The molecule has 0 saturated heterocycles. The smallest absolute Gasteiger partial charge is 0.138 e. The standard InChI is InChI=1S/C19H13NO2.ClH/c21-18-7-3-4-13-12-14(8-9-15(13)18)22-19-10-11-20-17-6-2-1-5-16(17)19;/h1-12,21H;1H. The lowest BCUT2D eigenvalue weighted by Crippen LogP contribution is -1.87. The monoisotopic (exact) mass is 323 g/mol. The van der Waals surface area contributed by atoms with E-state index in [2.05, 4.69) is 4.98 Å². The Hall–Kier alpha value is -2.78. The number of benzene rings is 3. The van der Waals surface area contributed by atoms with E-state index in [9.17, 15) is 5.11 Å². The molecule has 0 aliphatic carbocycles. The molecule has 1 heterocycles. The number of para-hydroxylation sites is 1. The molecule has 0 unspecified atom stereocenters. The summed E-state index contributed by atoms with van der Waals surface area (Å²) in [5.74, 6) is 1.78. The third kappa shape index (κ3) is 2.79. The van der Waals surface area contributed by atoms with Crippen LogP contribution in [-0.4, -0.2) is 10.1 Å². The second-order valence-corrected chi connectivity index (χ2v) is 5.09. The number of pyridine rings is 1. The van der Waals surface area contributed by atoms with Crippen LogP contribution in [0.15, 0.2) is 72.9 Å². The maximum atomic E-state index is 9.84. The molecule has 1 aromatic heterocycles. The molecule has 0 spiro atoms. The third-order valence-electron chi connectivity index (χ3n) is 3.67. The van der Waals surface area contributed by atoms with Gasteiger partial charge in [-0.05, 0) is 47.9 Å². The van der Waals surface area contributed by atoms with Gasteiger partial charge in [-0.2, -0.15) is 0 Å².